The van der Waals surface area contributed by atoms with E-state index in [4.69, 9.17) is 9.47 Å². The van der Waals surface area contributed by atoms with Crippen molar-refractivity contribution in [2.24, 2.45) is 0 Å². The number of carbonyl (C=O) groups is 1. The van der Waals surface area contributed by atoms with E-state index in [1.807, 2.05) is 25.1 Å². The van der Waals surface area contributed by atoms with Gasteiger partial charge in [-0.15, -0.1) is 0 Å². The summed E-state index contributed by atoms with van der Waals surface area (Å²) >= 11 is 0. The standard InChI is InChI=1S/C18H21NO3/c1-5-13-9-6-8-12(2)17(13)19-18(20)16-14(21-3)10-7-11-15(16)22-4/h6-11H,5H2,1-4H3,(H,19,20). The van der Waals surface area contributed by atoms with E-state index >= 15 is 0 Å². The van der Waals surface area contributed by atoms with E-state index in [0.29, 0.717) is 17.1 Å². The topological polar surface area (TPSA) is 47.6 Å². The average molecular weight is 299 g/mol. The number of carbonyl (C=O) groups excluding carboxylic acids is 1. The van der Waals surface area contributed by atoms with Gasteiger partial charge in [-0.25, -0.2) is 0 Å². The lowest BCUT2D eigenvalue weighted by atomic mass is 10.0. The third kappa shape index (κ3) is 3.06. The number of para-hydroxylation sites is 1. The maximum Gasteiger partial charge on any atom is 0.263 e. The molecule has 2 aromatic carbocycles. The van der Waals surface area contributed by atoms with Crippen LogP contribution in [0.25, 0.3) is 0 Å². The summed E-state index contributed by atoms with van der Waals surface area (Å²) in [6.45, 7) is 4.04. The molecule has 0 aromatic heterocycles. The molecule has 0 aliphatic carbocycles. The summed E-state index contributed by atoms with van der Waals surface area (Å²) in [5.74, 6) is 0.741. The van der Waals surface area contributed by atoms with E-state index in [9.17, 15) is 4.79 Å². The van der Waals surface area contributed by atoms with Crippen molar-refractivity contribution in [1.82, 2.24) is 0 Å². The van der Waals surface area contributed by atoms with Crippen molar-refractivity contribution in [2.75, 3.05) is 19.5 Å². The highest BCUT2D eigenvalue weighted by atomic mass is 16.5. The second-order valence-electron chi connectivity index (χ2n) is 4.95. The summed E-state index contributed by atoms with van der Waals surface area (Å²) < 4.78 is 10.6. The molecule has 0 heterocycles. The van der Waals surface area contributed by atoms with Crippen molar-refractivity contribution in [3.63, 3.8) is 0 Å². The van der Waals surface area contributed by atoms with Crippen LogP contribution in [0.4, 0.5) is 5.69 Å². The SMILES string of the molecule is CCc1cccc(C)c1NC(=O)c1c(OC)cccc1OC. The molecule has 0 aliphatic heterocycles. The van der Waals surface area contributed by atoms with Crippen molar-refractivity contribution in [3.05, 3.63) is 53.1 Å². The lowest BCUT2D eigenvalue weighted by molar-refractivity contribution is 0.102. The molecule has 0 saturated heterocycles. The van der Waals surface area contributed by atoms with Crippen LogP contribution in [0.5, 0.6) is 11.5 Å². The van der Waals surface area contributed by atoms with Crippen LogP contribution in [0.2, 0.25) is 0 Å². The first-order valence-electron chi connectivity index (χ1n) is 7.23. The fourth-order valence-corrected chi connectivity index (χ4v) is 2.45. The van der Waals surface area contributed by atoms with Gasteiger partial charge in [-0.1, -0.05) is 31.2 Å². The zero-order chi connectivity index (χ0) is 16.1. The van der Waals surface area contributed by atoms with Gasteiger partial charge in [-0.2, -0.15) is 0 Å². The average Bonchev–Trinajstić information content (AvgIpc) is 2.55. The van der Waals surface area contributed by atoms with Crippen molar-refractivity contribution < 1.29 is 14.3 Å². The van der Waals surface area contributed by atoms with Gasteiger partial charge in [0, 0.05) is 5.69 Å². The summed E-state index contributed by atoms with van der Waals surface area (Å²) in [6.07, 6.45) is 0.848. The lowest BCUT2D eigenvalue weighted by Gasteiger charge is -2.16. The van der Waals surface area contributed by atoms with E-state index in [2.05, 4.69) is 12.2 Å². The van der Waals surface area contributed by atoms with Crippen molar-refractivity contribution in [1.29, 1.82) is 0 Å². The van der Waals surface area contributed by atoms with Gasteiger partial charge in [0.25, 0.3) is 5.91 Å². The van der Waals surface area contributed by atoms with E-state index in [1.54, 1.807) is 18.2 Å². The number of hydrogen-bond donors (Lipinski definition) is 1. The largest absolute Gasteiger partial charge is 0.496 e. The zero-order valence-corrected chi connectivity index (χ0v) is 13.4. The molecule has 0 unspecified atom stereocenters. The molecule has 1 amide bonds. The number of anilines is 1. The molecule has 0 fully saturated rings. The number of ether oxygens (including phenoxy) is 2. The minimum atomic E-state index is -0.238. The number of methoxy groups -OCH3 is 2. The molecule has 4 heteroatoms. The summed E-state index contributed by atoms with van der Waals surface area (Å²) in [6, 6.07) is 11.3. The maximum atomic E-state index is 12.7. The number of nitrogens with one attached hydrogen (secondary N) is 1. The molecular weight excluding hydrogens is 278 g/mol. The molecule has 0 aliphatic rings. The Kier molecular flexibility index (Phi) is 5.04. The first-order chi connectivity index (χ1) is 10.6. The van der Waals surface area contributed by atoms with Crippen molar-refractivity contribution in [2.45, 2.75) is 20.3 Å². The molecule has 1 N–H and O–H groups in total. The number of amides is 1. The van der Waals surface area contributed by atoms with Crippen LogP contribution in [0.1, 0.15) is 28.4 Å². The molecule has 22 heavy (non-hydrogen) atoms. The van der Waals surface area contributed by atoms with Gasteiger partial charge >= 0.3 is 0 Å². The summed E-state index contributed by atoms with van der Waals surface area (Å²) in [4.78, 5) is 12.7. The number of benzene rings is 2. The molecular formula is C18H21NO3. The molecule has 2 aromatic rings. The predicted molar refractivity (Wildman–Crippen MR) is 88.1 cm³/mol. The second kappa shape index (κ2) is 6.98. The van der Waals surface area contributed by atoms with Gasteiger partial charge in [0.05, 0.1) is 14.2 Å². The van der Waals surface area contributed by atoms with Crippen LogP contribution in [0, 0.1) is 6.92 Å². The first-order valence-corrected chi connectivity index (χ1v) is 7.23. The molecule has 0 saturated carbocycles. The van der Waals surface area contributed by atoms with E-state index in [0.717, 1.165) is 23.2 Å². The number of hydrogen-bond acceptors (Lipinski definition) is 3. The normalized spacial score (nSPS) is 10.2. The maximum absolute atomic E-state index is 12.7. The molecule has 0 atom stereocenters. The minimum Gasteiger partial charge on any atom is -0.496 e. The quantitative estimate of drug-likeness (QED) is 0.913. The third-order valence-electron chi connectivity index (χ3n) is 3.63. The highest BCUT2D eigenvalue weighted by molar-refractivity contribution is 6.08. The number of rotatable bonds is 5. The van der Waals surface area contributed by atoms with Crippen LogP contribution in [-0.4, -0.2) is 20.1 Å². The summed E-state index contributed by atoms with van der Waals surface area (Å²) in [5, 5.41) is 3.00. The van der Waals surface area contributed by atoms with Gasteiger partial charge in [0.2, 0.25) is 0 Å². The Morgan fingerprint density at radius 2 is 1.64 bits per heavy atom. The van der Waals surface area contributed by atoms with E-state index in [-0.39, 0.29) is 5.91 Å². The van der Waals surface area contributed by atoms with Crippen molar-refractivity contribution >= 4 is 11.6 Å². The fourth-order valence-electron chi connectivity index (χ4n) is 2.45. The summed E-state index contributed by atoms with van der Waals surface area (Å²) in [7, 11) is 3.08. The van der Waals surface area contributed by atoms with Gasteiger partial charge in [0.15, 0.2) is 0 Å². The predicted octanol–water partition coefficient (Wildman–Crippen LogP) is 3.83. The Labute approximate surface area is 131 Å². The van der Waals surface area contributed by atoms with Gasteiger partial charge in [0.1, 0.15) is 17.1 Å². The zero-order valence-electron chi connectivity index (χ0n) is 13.4. The van der Waals surface area contributed by atoms with E-state index in [1.165, 1.54) is 14.2 Å². The van der Waals surface area contributed by atoms with Crippen LogP contribution in [0.3, 0.4) is 0 Å². The highest BCUT2D eigenvalue weighted by Gasteiger charge is 2.19. The van der Waals surface area contributed by atoms with Crippen LogP contribution in [0.15, 0.2) is 36.4 Å². The first kappa shape index (κ1) is 15.9. The smallest absolute Gasteiger partial charge is 0.263 e. The third-order valence-corrected chi connectivity index (χ3v) is 3.63. The van der Waals surface area contributed by atoms with E-state index < -0.39 is 0 Å². The Morgan fingerprint density at radius 1 is 1.05 bits per heavy atom. The van der Waals surface area contributed by atoms with Gasteiger partial charge in [-0.3, -0.25) is 4.79 Å². The van der Waals surface area contributed by atoms with Crippen LogP contribution in [-0.2, 0) is 6.42 Å². The summed E-state index contributed by atoms with van der Waals surface area (Å²) in [5.41, 5.74) is 3.38. The Morgan fingerprint density at radius 3 is 2.18 bits per heavy atom. The minimum absolute atomic E-state index is 0.238. The molecule has 0 bridgehead atoms. The fraction of sp³-hybridized carbons (Fsp3) is 0.278. The Hall–Kier alpha value is -2.49. The molecule has 0 spiro atoms. The second-order valence-corrected chi connectivity index (χ2v) is 4.95. The Balaban J connectivity index is 2.43. The molecule has 2 rings (SSSR count). The van der Waals surface area contributed by atoms with Gasteiger partial charge in [-0.05, 0) is 36.6 Å². The molecule has 4 nitrogen and oxygen atoms in total. The van der Waals surface area contributed by atoms with Crippen LogP contribution >= 0.6 is 0 Å². The molecule has 116 valence electrons. The number of aryl methyl sites for hydroxylation is 2. The highest BCUT2D eigenvalue weighted by Crippen LogP contribution is 2.30. The monoisotopic (exact) mass is 299 g/mol. The molecule has 0 radical (unpaired) electrons. The van der Waals surface area contributed by atoms with Crippen LogP contribution < -0.4 is 14.8 Å². The van der Waals surface area contributed by atoms with Gasteiger partial charge < -0.3 is 14.8 Å². The Bertz CT molecular complexity index is 658. The van der Waals surface area contributed by atoms with Crippen molar-refractivity contribution in [3.8, 4) is 11.5 Å². The lowest BCUT2D eigenvalue weighted by Crippen LogP contribution is -2.16.